The number of hydrogen-bond acceptors (Lipinski definition) is 2. The van der Waals surface area contributed by atoms with Gasteiger partial charge in [0.1, 0.15) is 0 Å². The molecule has 1 heterocycles. The first-order chi connectivity index (χ1) is 6.84. The van der Waals surface area contributed by atoms with E-state index in [0.29, 0.717) is 0 Å². The van der Waals surface area contributed by atoms with E-state index >= 15 is 0 Å². The van der Waals surface area contributed by atoms with Crippen molar-refractivity contribution in [3.63, 3.8) is 0 Å². The first-order valence-corrected chi connectivity index (χ1v) is 6.51. The molecule has 0 saturated carbocycles. The van der Waals surface area contributed by atoms with Gasteiger partial charge >= 0.3 is 0 Å². The molecule has 15 heavy (non-hydrogen) atoms. The summed E-state index contributed by atoms with van der Waals surface area (Å²) >= 11 is 1.77. The van der Waals surface area contributed by atoms with E-state index in [1.807, 2.05) is 0 Å². The molecule has 0 aliphatic rings. The zero-order valence-electron chi connectivity index (χ0n) is 9.45. The van der Waals surface area contributed by atoms with Crippen molar-refractivity contribution < 1.29 is 0 Å². The average Bonchev–Trinajstić information content (AvgIpc) is 2.70. The van der Waals surface area contributed by atoms with Crippen LogP contribution in [0.2, 0.25) is 0 Å². The summed E-state index contributed by atoms with van der Waals surface area (Å²) in [7, 11) is 0. The third-order valence-corrected chi connectivity index (χ3v) is 3.53. The second-order valence-corrected chi connectivity index (χ2v) is 4.80. The van der Waals surface area contributed by atoms with Crippen molar-refractivity contribution in [2.75, 3.05) is 0 Å². The maximum atomic E-state index is 6.06. The van der Waals surface area contributed by atoms with Crippen LogP contribution in [0.3, 0.4) is 0 Å². The van der Waals surface area contributed by atoms with Gasteiger partial charge in [0.05, 0.1) is 0 Å². The van der Waals surface area contributed by atoms with E-state index in [2.05, 4.69) is 24.4 Å². The minimum atomic E-state index is 0. The van der Waals surface area contributed by atoms with Crippen molar-refractivity contribution in [2.45, 2.75) is 51.5 Å². The smallest absolute Gasteiger partial charge is 0.0389 e. The largest absolute Gasteiger partial charge is 0.323 e. The summed E-state index contributed by atoms with van der Waals surface area (Å²) in [6.45, 7) is 2.25. The highest BCUT2D eigenvalue weighted by atomic mass is 35.5. The van der Waals surface area contributed by atoms with E-state index in [-0.39, 0.29) is 18.4 Å². The molecule has 1 rings (SSSR count). The Kier molecular flexibility index (Phi) is 9.17. The Morgan fingerprint density at radius 3 is 2.60 bits per heavy atom. The van der Waals surface area contributed by atoms with E-state index in [1.54, 1.807) is 11.3 Å². The molecule has 3 heteroatoms. The molecule has 0 fully saturated rings. The highest BCUT2D eigenvalue weighted by Gasteiger charge is 2.05. The van der Waals surface area contributed by atoms with Crippen molar-refractivity contribution in [2.24, 2.45) is 5.73 Å². The highest BCUT2D eigenvalue weighted by Crippen LogP contribution is 2.21. The first-order valence-electron chi connectivity index (χ1n) is 5.63. The van der Waals surface area contributed by atoms with Crippen LogP contribution in [-0.2, 0) is 0 Å². The number of thiophene rings is 1. The third kappa shape index (κ3) is 6.18. The molecule has 1 nitrogen and oxygen atoms in total. The lowest BCUT2D eigenvalue weighted by molar-refractivity contribution is 0.559. The number of rotatable bonds is 7. The fourth-order valence-corrected chi connectivity index (χ4v) is 2.38. The summed E-state index contributed by atoms with van der Waals surface area (Å²) in [5.74, 6) is 0. The van der Waals surface area contributed by atoms with Gasteiger partial charge in [-0.15, -0.1) is 23.7 Å². The fourth-order valence-electron chi connectivity index (χ4n) is 1.61. The molecule has 0 amide bonds. The molecular weight excluding hydrogens is 226 g/mol. The summed E-state index contributed by atoms with van der Waals surface area (Å²) in [5, 5.41) is 2.10. The molecule has 0 aliphatic carbocycles. The van der Waals surface area contributed by atoms with Crippen LogP contribution in [0.4, 0.5) is 0 Å². The van der Waals surface area contributed by atoms with Crippen LogP contribution in [0.1, 0.15) is 56.4 Å². The molecule has 0 radical (unpaired) electrons. The second-order valence-electron chi connectivity index (χ2n) is 3.82. The quantitative estimate of drug-likeness (QED) is 0.704. The number of unbranched alkanes of at least 4 members (excludes halogenated alkanes) is 4. The minimum absolute atomic E-state index is 0. The number of hydrogen-bond donors (Lipinski definition) is 1. The van der Waals surface area contributed by atoms with E-state index in [0.717, 1.165) is 6.42 Å². The molecule has 1 atom stereocenters. The van der Waals surface area contributed by atoms with Gasteiger partial charge in [0.15, 0.2) is 0 Å². The summed E-state index contributed by atoms with van der Waals surface area (Å²) < 4.78 is 0. The average molecular weight is 248 g/mol. The Hall–Kier alpha value is -0.0500. The Balaban J connectivity index is 0.00000196. The topological polar surface area (TPSA) is 26.0 Å². The van der Waals surface area contributed by atoms with Crippen LogP contribution in [0.25, 0.3) is 0 Å². The first kappa shape index (κ1) is 14.9. The summed E-state index contributed by atoms with van der Waals surface area (Å²) in [6.07, 6.45) is 7.81. The lowest BCUT2D eigenvalue weighted by atomic mass is 10.1. The molecule has 88 valence electrons. The van der Waals surface area contributed by atoms with Gasteiger partial charge in [0, 0.05) is 10.9 Å². The summed E-state index contributed by atoms with van der Waals surface area (Å²) in [6, 6.07) is 4.50. The van der Waals surface area contributed by atoms with Crippen LogP contribution in [0.5, 0.6) is 0 Å². The zero-order chi connectivity index (χ0) is 10.2. The zero-order valence-corrected chi connectivity index (χ0v) is 11.1. The molecule has 1 unspecified atom stereocenters. The summed E-state index contributed by atoms with van der Waals surface area (Å²) in [4.78, 5) is 1.33. The van der Waals surface area contributed by atoms with Crippen molar-refractivity contribution in [1.29, 1.82) is 0 Å². The maximum Gasteiger partial charge on any atom is 0.0389 e. The SMILES string of the molecule is CCCCCCCC(N)c1cccs1.Cl. The van der Waals surface area contributed by atoms with Gasteiger partial charge in [-0.05, 0) is 17.9 Å². The van der Waals surface area contributed by atoms with Gasteiger partial charge in [0.2, 0.25) is 0 Å². The maximum absolute atomic E-state index is 6.06. The van der Waals surface area contributed by atoms with Gasteiger partial charge in [-0.25, -0.2) is 0 Å². The predicted molar refractivity (Wildman–Crippen MR) is 71.9 cm³/mol. The van der Waals surface area contributed by atoms with E-state index in [1.165, 1.54) is 37.0 Å². The van der Waals surface area contributed by atoms with Gasteiger partial charge in [-0.1, -0.05) is 45.1 Å². The lowest BCUT2D eigenvalue weighted by Crippen LogP contribution is -2.07. The minimum Gasteiger partial charge on any atom is -0.323 e. The van der Waals surface area contributed by atoms with Crippen LogP contribution in [-0.4, -0.2) is 0 Å². The third-order valence-electron chi connectivity index (χ3n) is 2.53. The van der Waals surface area contributed by atoms with Crippen LogP contribution in [0.15, 0.2) is 17.5 Å². The Labute approximate surface area is 103 Å². The van der Waals surface area contributed by atoms with Crippen molar-refractivity contribution in [3.8, 4) is 0 Å². The van der Waals surface area contributed by atoms with Gasteiger partial charge in [-0.3, -0.25) is 0 Å². The molecule has 0 spiro atoms. The van der Waals surface area contributed by atoms with Crippen molar-refractivity contribution >= 4 is 23.7 Å². The van der Waals surface area contributed by atoms with Gasteiger partial charge in [0.25, 0.3) is 0 Å². The molecule has 0 bridgehead atoms. The standard InChI is InChI=1S/C12H21NS.ClH/c1-2-3-4-5-6-8-11(13)12-9-7-10-14-12;/h7,9-11H,2-6,8,13H2,1H3;1H. The predicted octanol–water partition coefficient (Wildman–Crippen LogP) is 4.53. The van der Waals surface area contributed by atoms with Gasteiger partial charge in [-0.2, -0.15) is 0 Å². The van der Waals surface area contributed by atoms with Crippen molar-refractivity contribution in [3.05, 3.63) is 22.4 Å². The van der Waals surface area contributed by atoms with Crippen LogP contribution >= 0.6 is 23.7 Å². The van der Waals surface area contributed by atoms with E-state index in [4.69, 9.17) is 5.73 Å². The Bertz CT molecular complexity index is 224. The van der Waals surface area contributed by atoms with Crippen molar-refractivity contribution in [1.82, 2.24) is 0 Å². The molecule has 0 aliphatic heterocycles. The number of nitrogens with two attached hydrogens (primary N) is 1. The van der Waals surface area contributed by atoms with Crippen LogP contribution < -0.4 is 5.73 Å². The Morgan fingerprint density at radius 2 is 2.00 bits per heavy atom. The van der Waals surface area contributed by atoms with Gasteiger partial charge < -0.3 is 5.73 Å². The fraction of sp³-hybridized carbons (Fsp3) is 0.667. The normalized spacial score (nSPS) is 12.1. The van der Waals surface area contributed by atoms with E-state index in [9.17, 15) is 0 Å². The Morgan fingerprint density at radius 1 is 1.27 bits per heavy atom. The number of halogens is 1. The molecular formula is C12H22ClNS. The molecule has 0 aromatic carbocycles. The second kappa shape index (κ2) is 9.20. The highest BCUT2D eigenvalue weighted by molar-refractivity contribution is 7.10. The monoisotopic (exact) mass is 247 g/mol. The molecule has 2 N–H and O–H groups in total. The summed E-state index contributed by atoms with van der Waals surface area (Å²) in [5.41, 5.74) is 6.06. The molecule has 1 aromatic heterocycles. The molecule has 0 saturated heterocycles. The van der Waals surface area contributed by atoms with Crippen LogP contribution in [0, 0.1) is 0 Å². The molecule has 1 aromatic rings. The lowest BCUT2D eigenvalue weighted by Gasteiger charge is -2.08. The van der Waals surface area contributed by atoms with E-state index < -0.39 is 0 Å².